The number of urea groups is 1. The van der Waals surface area contributed by atoms with Gasteiger partial charge in [-0.2, -0.15) is 11.8 Å². The lowest BCUT2D eigenvalue weighted by Crippen LogP contribution is -2.46. The normalized spacial score (nSPS) is 28.1. The van der Waals surface area contributed by atoms with E-state index in [4.69, 9.17) is 9.57 Å². The van der Waals surface area contributed by atoms with E-state index < -0.39 is 5.41 Å². The van der Waals surface area contributed by atoms with Crippen LogP contribution in [0.1, 0.15) is 59.1 Å². The molecule has 3 saturated heterocycles. The molecule has 3 aliphatic rings. The van der Waals surface area contributed by atoms with E-state index in [-0.39, 0.29) is 46.2 Å². The minimum Gasteiger partial charge on any atom is -0.375 e. The molecule has 2 aromatic rings. The molecule has 44 heavy (non-hydrogen) atoms. The number of rotatable bonds is 14. The van der Waals surface area contributed by atoms with Gasteiger partial charge in [0.1, 0.15) is 6.61 Å². The number of hydrogen-bond donors (Lipinski definition) is 5. The van der Waals surface area contributed by atoms with Gasteiger partial charge in [0, 0.05) is 66.1 Å². The first-order valence-corrected chi connectivity index (χ1v) is 16.7. The Morgan fingerprint density at radius 1 is 1.20 bits per heavy atom. The zero-order chi connectivity index (χ0) is 31.5. The number of aryl methyl sites for hydroxylation is 1. The fourth-order valence-electron chi connectivity index (χ4n) is 6.89. The molecule has 0 saturated carbocycles. The third-order valence-corrected chi connectivity index (χ3v) is 10.7. The van der Waals surface area contributed by atoms with Gasteiger partial charge in [-0.1, -0.05) is 39.0 Å². The van der Waals surface area contributed by atoms with Crippen LogP contribution in [0.2, 0.25) is 0 Å². The van der Waals surface area contributed by atoms with Gasteiger partial charge in [0.25, 0.3) is 0 Å². The highest BCUT2D eigenvalue weighted by molar-refractivity contribution is 8.00. The van der Waals surface area contributed by atoms with Crippen LogP contribution in [0.5, 0.6) is 0 Å². The van der Waals surface area contributed by atoms with E-state index in [0.717, 1.165) is 28.8 Å². The maximum Gasteiger partial charge on any atom is 0.315 e. The van der Waals surface area contributed by atoms with Crippen LogP contribution in [0.4, 0.5) is 4.79 Å². The summed E-state index contributed by atoms with van der Waals surface area (Å²) in [6.07, 6.45) is 2.55. The Bertz CT molecular complexity index is 1370. The number of thioether (sulfide) groups is 1. The maximum atomic E-state index is 13.3. The minimum atomic E-state index is -0.559. The monoisotopic (exact) mass is 628 g/mol. The second kappa shape index (κ2) is 13.3. The van der Waals surface area contributed by atoms with Gasteiger partial charge in [-0.25, -0.2) is 10.3 Å². The van der Waals surface area contributed by atoms with Crippen molar-refractivity contribution in [3.63, 3.8) is 0 Å². The molecule has 3 aliphatic heterocycles. The van der Waals surface area contributed by atoms with Gasteiger partial charge in [-0.15, -0.1) is 0 Å². The van der Waals surface area contributed by atoms with E-state index in [1.807, 2.05) is 37.7 Å². The zero-order valence-electron chi connectivity index (χ0n) is 26.6. The first kappa shape index (κ1) is 32.6. The van der Waals surface area contributed by atoms with Gasteiger partial charge in [-0.05, 0) is 43.7 Å². The predicted octanol–water partition coefficient (Wildman–Crippen LogP) is 3.07. The van der Waals surface area contributed by atoms with Crippen LogP contribution in [-0.4, -0.2) is 77.8 Å². The molecule has 0 bridgehead atoms. The van der Waals surface area contributed by atoms with Crippen LogP contribution < -0.4 is 26.7 Å². The van der Waals surface area contributed by atoms with E-state index >= 15 is 0 Å². The van der Waals surface area contributed by atoms with Gasteiger partial charge in [-0.3, -0.25) is 14.4 Å². The molecule has 4 amide bonds. The summed E-state index contributed by atoms with van der Waals surface area (Å²) in [6, 6.07) is 10.3. The SMILES string of the molecule is CNOCc1cc2ccccc2n1CCC(=O)NCCC1(C)CC(C)(CNC(=O)C(C)(C)C[C@@H]2SC[C@@H]3NC(=O)N[C@@H]32)CO1. The molecule has 1 aromatic carbocycles. The Labute approximate surface area is 264 Å². The lowest BCUT2D eigenvalue weighted by atomic mass is 9.80. The summed E-state index contributed by atoms with van der Waals surface area (Å²) < 4.78 is 8.40. The van der Waals surface area contributed by atoms with Crippen molar-refractivity contribution in [2.75, 3.05) is 32.5 Å². The van der Waals surface area contributed by atoms with Crippen LogP contribution in [0.25, 0.3) is 10.9 Å². The number of ether oxygens (including phenoxy) is 1. The van der Waals surface area contributed by atoms with E-state index in [2.05, 4.69) is 63.4 Å². The molecule has 11 nitrogen and oxygen atoms in total. The van der Waals surface area contributed by atoms with Crippen molar-refractivity contribution in [2.24, 2.45) is 10.8 Å². The number of nitrogens with one attached hydrogen (secondary N) is 5. The van der Waals surface area contributed by atoms with Crippen molar-refractivity contribution in [1.29, 1.82) is 0 Å². The summed E-state index contributed by atoms with van der Waals surface area (Å²) in [6.45, 7) is 10.8. The van der Waals surface area contributed by atoms with Crippen molar-refractivity contribution in [1.82, 2.24) is 31.3 Å². The molecule has 5 atom stereocenters. The summed E-state index contributed by atoms with van der Waals surface area (Å²) in [5.74, 6) is 0.900. The summed E-state index contributed by atoms with van der Waals surface area (Å²) in [5, 5.41) is 13.6. The van der Waals surface area contributed by atoms with E-state index in [1.54, 1.807) is 7.05 Å². The molecule has 5 rings (SSSR count). The first-order chi connectivity index (χ1) is 20.9. The number of aromatic nitrogens is 1. The summed E-state index contributed by atoms with van der Waals surface area (Å²) in [4.78, 5) is 43.2. The molecular weight excluding hydrogens is 580 g/mol. The number of benzene rings is 1. The predicted molar refractivity (Wildman–Crippen MR) is 172 cm³/mol. The quantitative estimate of drug-likeness (QED) is 0.160. The number of amides is 4. The van der Waals surface area contributed by atoms with E-state index in [0.29, 0.717) is 52.1 Å². The second-order valence-corrected chi connectivity index (χ2v) is 15.1. The Morgan fingerprint density at radius 3 is 2.80 bits per heavy atom. The average molecular weight is 629 g/mol. The fourth-order valence-corrected chi connectivity index (χ4v) is 8.63. The number of para-hydroxylation sites is 1. The minimum absolute atomic E-state index is 0.00168. The molecule has 5 N–H and O–H groups in total. The Kier molecular flexibility index (Phi) is 9.84. The standard InChI is InChI=1S/C32H48N6O5S/c1-30(2,15-25-27-23(17-44-25)36-29(41)37-27)28(40)35-19-31(3)18-32(4,42-20-31)11-12-34-26(39)10-13-38-22(16-43-33-5)14-21-8-6-7-9-24(21)38/h6-9,14,23,25,27,33H,10-13,15-20H2,1-5H3,(H,34,39)(H,35,40)(H2,36,37,41)/t23-,25-,27-,31?,32?/m0/s1. The number of fused-ring (bicyclic) bond motifs is 2. The third-order valence-electron chi connectivity index (χ3n) is 9.31. The van der Waals surface area contributed by atoms with E-state index in [1.165, 1.54) is 0 Å². The van der Waals surface area contributed by atoms with Gasteiger partial charge >= 0.3 is 6.03 Å². The molecule has 0 aliphatic carbocycles. The van der Waals surface area contributed by atoms with Crippen LogP contribution >= 0.6 is 11.8 Å². The number of nitrogens with zero attached hydrogens (tertiary/aromatic N) is 1. The van der Waals surface area contributed by atoms with Crippen molar-refractivity contribution in [2.45, 2.75) is 89.5 Å². The Morgan fingerprint density at radius 2 is 2.00 bits per heavy atom. The maximum absolute atomic E-state index is 13.3. The van der Waals surface area contributed by atoms with Gasteiger partial charge in [0.05, 0.1) is 24.3 Å². The van der Waals surface area contributed by atoms with Crippen LogP contribution in [-0.2, 0) is 32.3 Å². The van der Waals surface area contributed by atoms with Crippen molar-refractivity contribution < 1.29 is 24.0 Å². The van der Waals surface area contributed by atoms with Crippen LogP contribution in [0.15, 0.2) is 30.3 Å². The number of hydrogen-bond acceptors (Lipinski definition) is 7. The third kappa shape index (κ3) is 7.52. The molecule has 4 heterocycles. The molecule has 0 spiro atoms. The molecule has 12 heteroatoms. The first-order valence-electron chi connectivity index (χ1n) is 15.6. The Hall–Kier alpha value is -2.80. The lowest BCUT2D eigenvalue weighted by Gasteiger charge is -2.31. The average Bonchev–Trinajstić information content (AvgIpc) is 3.71. The summed E-state index contributed by atoms with van der Waals surface area (Å²) >= 11 is 1.82. The van der Waals surface area contributed by atoms with E-state index in [9.17, 15) is 14.4 Å². The topological polar surface area (TPSA) is 135 Å². The summed E-state index contributed by atoms with van der Waals surface area (Å²) in [5.41, 5.74) is 3.69. The largest absolute Gasteiger partial charge is 0.375 e. The fraction of sp³-hybridized carbons (Fsp3) is 0.656. The smallest absolute Gasteiger partial charge is 0.315 e. The zero-order valence-corrected chi connectivity index (χ0v) is 27.4. The Balaban J connectivity index is 1.05. The van der Waals surface area contributed by atoms with Crippen LogP contribution in [0, 0.1) is 10.8 Å². The van der Waals surface area contributed by atoms with Gasteiger partial charge in [0.2, 0.25) is 11.8 Å². The second-order valence-electron chi connectivity index (χ2n) is 13.8. The highest BCUT2D eigenvalue weighted by Crippen LogP contribution is 2.41. The molecule has 3 fully saturated rings. The van der Waals surface area contributed by atoms with Crippen molar-refractivity contribution >= 4 is 40.5 Å². The van der Waals surface area contributed by atoms with Crippen molar-refractivity contribution in [3.8, 4) is 0 Å². The highest BCUT2D eigenvalue weighted by Gasteiger charge is 2.47. The summed E-state index contributed by atoms with van der Waals surface area (Å²) in [7, 11) is 1.73. The van der Waals surface area contributed by atoms with Crippen molar-refractivity contribution in [3.05, 3.63) is 36.0 Å². The van der Waals surface area contributed by atoms with Crippen LogP contribution in [0.3, 0.4) is 0 Å². The molecule has 0 radical (unpaired) electrons. The number of carbonyl (C=O) groups is 3. The molecule has 2 unspecified atom stereocenters. The number of hydroxylamine groups is 1. The highest BCUT2D eigenvalue weighted by atomic mass is 32.2. The van der Waals surface area contributed by atoms with Gasteiger partial charge < -0.3 is 30.6 Å². The number of carbonyl (C=O) groups excluding carboxylic acids is 3. The molecular formula is C32H48N6O5S. The molecule has 242 valence electrons. The molecule has 1 aromatic heterocycles. The van der Waals surface area contributed by atoms with Gasteiger partial charge in [0.15, 0.2) is 0 Å². The lowest BCUT2D eigenvalue weighted by molar-refractivity contribution is -0.130.